The molecule has 0 spiro atoms. The van der Waals surface area contributed by atoms with E-state index in [1.54, 1.807) is 0 Å². The lowest BCUT2D eigenvalue weighted by Crippen LogP contribution is -2.21. The molecule has 1 aromatic heterocycles. The molecule has 0 atom stereocenters. The van der Waals surface area contributed by atoms with Crippen LogP contribution in [0.15, 0.2) is 115 Å². The molecule has 36 heavy (non-hydrogen) atoms. The summed E-state index contributed by atoms with van der Waals surface area (Å²) >= 11 is 0. The minimum Gasteiger partial charge on any atom is -0.309 e. The zero-order valence-electron chi connectivity index (χ0n) is 21.4. The topological polar surface area (TPSA) is 4.93 Å². The quantitative estimate of drug-likeness (QED) is 0.244. The van der Waals surface area contributed by atoms with Crippen LogP contribution in [0.4, 0.5) is 0 Å². The van der Waals surface area contributed by atoms with Crippen molar-refractivity contribution in [2.24, 2.45) is 0 Å². The number of aromatic nitrogens is 1. The van der Waals surface area contributed by atoms with Gasteiger partial charge in [-0.25, -0.2) is 0 Å². The fourth-order valence-electron chi connectivity index (χ4n) is 5.90. The lowest BCUT2D eigenvalue weighted by molar-refractivity contribution is 0.631. The summed E-state index contributed by atoms with van der Waals surface area (Å²) in [7, 11) is 0. The minimum absolute atomic E-state index is 0.0845. The average Bonchev–Trinajstić information content (AvgIpc) is 3.23. The molecular weight excluding hydrogens is 434 g/mol. The Morgan fingerprint density at radius 3 is 1.92 bits per heavy atom. The summed E-state index contributed by atoms with van der Waals surface area (Å²) in [5.41, 5.74) is 11.5. The Balaban J connectivity index is 1.53. The first kappa shape index (κ1) is 22.4. The number of fused-ring (bicyclic) bond motifs is 3. The molecule has 0 fully saturated rings. The number of benzene rings is 5. The van der Waals surface area contributed by atoms with Crippen LogP contribution in [-0.4, -0.2) is 4.57 Å². The molecule has 0 bridgehead atoms. The number of hydrogen-bond acceptors (Lipinski definition) is 0. The molecule has 6 rings (SSSR count). The second kappa shape index (κ2) is 8.53. The van der Waals surface area contributed by atoms with Crippen molar-refractivity contribution in [1.29, 1.82) is 0 Å². The van der Waals surface area contributed by atoms with Gasteiger partial charge in [0, 0.05) is 21.9 Å². The average molecular weight is 466 g/mol. The summed E-state index contributed by atoms with van der Waals surface area (Å²) in [6, 6.07) is 42.0. The molecule has 0 amide bonds. The fraction of sp³-hybridized carbons (Fsp3) is 0.143. The van der Waals surface area contributed by atoms with Crippen LogP contribution in [0.1, 0.15) is 36.1 Å². The highest BCUT2D eigenvalue weighted by Gasteiger charge is 2.26. The highest BCUT2D eigenvalue weighted by molar-refractivity contribution is 6.10. The summed E-state index contributed by atoms with van der Waals surface area (Å²) in [6.07, 6.45) is 0. The minimum atomic E-state index is -0.0845. The first-order valence-corrected chi connectivity index (χ1v) is 12.7. The number of hydrogen-bond donors (Lipinski definition) is 0. The third-order valence-corrected chi connectivity index (χ3v) is 7.75. The van der Waals surface area contributed by atoms with E-state index in [0.29, 0.717) is 0 Å². The molecule has 176 valence electrons. The summed E-state index contributed by atoms with van der Waals surface area (Å²) < 4.78 is 2.37. The number of aryl methyl sites for hydroxylation is 2. The maximum absolute atomic E-state index is 2.40. The van der Waals surface area contributed by atoms with E-state index in [1.165, 1.54) is 60.9 Å². The summed E-state index contributed by atoms with van der Waals surface area (Å²) in [4.78, 5) is 0. The molecule has 1 heteroatoms. The Labute approximate surface area is 213 Å². The summed E-state index contributed by atoms with van der Waals surface area (Å²) in [5.74, 6) is 0. The van der Waals surface area contributed by atoms with E-state index in [-0.39, 0.29) is 5.41 Å². The Morgan fingerprint density at radius 2 is 1.11 bits per heavy atom. The SMILES string of the molecule is Cc1ccccc1C(C)(C)c1cc(-c2ccc3c(c2)c2ccccc2n3-c2ccccc2)ccc1C. The van der Waals surface area contributed by atoms with Crippen molar-refractivity contribution in [2.45, 2.75) is 33.1 Å². The maximum atomic E-state index is 2.40. The van der Waals surface area contributed by atoms with E-state index in [1.807, 2.05) is 0 Å². The van der Waals surface area contributed by atoms with Crippen LogP contribution in [0.5, 0.6) is 0 Å². The largest absolute Gasteiger partial charge is 0.309 e. The normalized spacial score (nSPS) is 11.9. The zero-order valence-corrected chi connectivity index (χ0v) is 21.4. The van der Waals surface area contributed by atoms with Crippen molar-refractivity contribution in [1.82, 2.24) is 4.57 Å². The van der Waals surface area contributed by atoms with Gasteiger partial charge in [-0.2, -0.15) is 0 Å². The van der Waals surface area contributed by atoms with Gasteiger partial charge in [-0.05, 0) is 77.6 Å². The van der Waals surface area contributed by atoms with Crippen LogP contribution in [0.3, 0.4) is 0 Å². The van der Waals surface area contributed by atoms with Gasteiger partial charge >= 0.3 is 0 Å². The highest BCUT2D eigenvalue weighted by Crippen LogP contribution is 2.39. The molecule has 0 saturated carbocycles. The van der Waals surface area contributed by atoms with Gasteiger partial charge in [-0.15, -0.1) is 0 Å². The first-order valence-electron chi connectivity index (χ1n) is 12.7. The van der Waals surface area contributed by atoms with Gasteiger partial charge in [0.15, 0.2) is 0 Å². The van der Waals surface area contributed by atoms with E-state index in [0.717, 1.165) is 0 Å². The molecule has 5 aromatic carbocycles. The third-order valence-electron chi connectivity index (χ3n) is 7.75. The molecular formula is C35H31N. The Bertz CT molecular complexity index is 1720. The fourth-order valence-corrected chi connectivity index (χ4v) is 5.90. The van der Waals surface area contributed by atoms with Crippen LogP contribution < -0.4 is 0 Å². The van der Waals surface area contributed by atoms with E-state index in [4.69, 9.17) is 0 Å². The Morgan fingerprint density at radius 1 is 0.500 bits per heavy atom. The summed E-state index contributed by atoms with van der Waals surface area (Å²) in [6.45, 7) is 9.14. The van der Waals surface area contributed by atoms with Crippen LogP contribution in [0.25, 0.3) is 38.6 Å². The van der Waals surface area contributed by atoms with Crippen molar-refractivity contribution < 1.29 is 0 Å². The summed E-state index contributed by atoms with van der Waals surface area (Å²) in [5, 5.41) is 2.57. The molecule has 6 aromatic rings. The van der Waals surface area contributed by atoms with Gasteiger partial charge in [-0.1, -0.05) is 98.8 Å². The van der Waals surface area contributed by atoms with Gasteiger partial charge in [0.2, 0.25) is 0 Å². The smallest absolute Gasteiger partial charge is 0.0541 e. The van der Waals surface area contributed by atoms with E-state index in [9.17, 15) is 0 Å². The van der Waals surface area contributed by atoms with E-state index < -0.39 is 0 Å². The molecule has 0 aliphatic carbocycles. The number of nitrogens with zero attached hydrogens (tertiary/aromatic N) is 1. The lowest BCUT2D eigenvalue weighted by Gasteiger charge is -2.30. The maximum Gasteiger partial charge on any atom is 0.0541 e. The molecule has 1 nitrogen and oxygen atoms in total. The second-order valence-corrected chi connectivity index (χ2v) is 10.4. The van der Waals surface area contributed by atoms with Crippen molar-refractivity contribution in [2.75, 3.05) is 0 Å². The van der Waals surface area contributed by atoms with Gasteiger partial charge in [0.25, 0.3) is 0 Å². The van der Waals surface area contributed by atoms with Crippen LogP contribution in [0, 0.1) is 13.8 Å². The molecule has 0 saturated heterocycles. The number of para-hydroxylation sites is 2. The molecule has 1 heterocycles. The van der Waals surface area contributed by atoms with Crippen molar-refractivity contribution >= 4 is 21.8 Å². The van der Waals surface area contributed by atoms with E-state index >= 15 is 0 Å². The highest BCUT2D eigenvalue weighted by atomic mass is 15.0. The van der Waals surface area contributed by atoms with Gasteiger partial charge in [0.1, 0.15) is 0 Å². The standard InChI is InChI=1S/C35H31N/c1-24-12-8-10-16-31(24)35(3,4)32-23-27(19-18-25(32)2)26-20-21-34-30(22-26)29-15-9-11-17-33(29)36(34)28-13-6-5-7-14-28/h5-23H,1-4H3. The van der Waals surface area contributed by atoms with Crippen molar-refractivity contribution in [3.63, 3.8) is 0 Å². The Kier molecular flexibility index (Phi) is 5.30. The third kappa shape index (κ3) is 3.55. The van der Waals surface area contributed by atoms with Crippen molar-refractivity contribution in [3.05, 3.63) is 138 Å². The zero-order chi connectivity index (χ0) is 24.9. The van der Waals surface area contributed by atoms with E-state index in [2.05, 4.69) is 148 Å². The molecule has 0 aliphatic rings. The molecule has 0 unspecified atom stereocenters. The van der Waals surface area contributed by atoms with Gasteiger partial charge in [-0.3, -0.25) is 0 Å². The predicted molar refractivity (Wildman–Crippen MR) is 154 cm³/mol. The first-order chi connectivity index (χ1) is 17.4. The molecule has 0 N–H and O–H groups in total. The molecule has 0 aliphatic heterocycles. The lowest BCUT2D eigenvalue weighted by atomic mass is 9.74. The Hall–Kier alpha value is -4.10. The van der Waals surface area contributed by atoms with Gasteiger partial charge < -0.3 is 4.57 Å². The molecule has 0 radical (unpaired) electrons. The van der Waals surface area contributed by atoms with Crippen LogP contribution in [0.2, 0.25) is 0 Å². The van der Waals surface area contributed by atoms with Crippen LogP contribution in [-0.2, 0) is 5.41 Å². The monoisotopic (exact) mass is 465 g/mol. The second-order valence-electron chi connectivity index (χ2n) is 10.4. The number of rotatable bonds is 4. The van der Waals surface area contributed by atoms with Gasteiger partial charge in [0.05, 0.1) is 11.0 Å². The van der Waals surface area contributed by atoms with Crippen LogP contribution >= 0.6 is 0 Å². The van der Waals surface area contributed by atoms with Crippen molar-refractivity contribution in [3.8, 4) is 16.8 Å². The predicted octanol–water partition coefficient (Wildman–Crippen LogP) is 9.39.